The molecule has 1 aliphatic rings. The summed E-state index contributed by atoms with van der Waals surface area (Å²) in [5.41, 5.74) is 0.0503. The minimum absolute atomic E-state index is 0.0949. The van der Waals surface area contributed by atoms with Gasteiger partial charge in [-0.05, 0) is 49.2 Å². The average Bonchev–Trinajstić information content (AvgIpc) is 3.27. The van der Waals surface area contributed by atoms with Crippen molar-refractivity contribution in [3.05, 3.63) is 76.9 Å². The summed E-state index contributed by atoms with van der Waals surface area (Å²) >= 11 is 0. The smallest absolute Gasteiger partial charge is 0.264 e. The number of anilines is 1. The number of pyridine rings is 1. The van der Waals surface area contributed by atoms with Gasteiger partial charge in [-0.3, -0.25) is 9.36 Å². The molecule has 0 bridgehead atoms. The third kappa shape index (κ3) is 3.83. The summed E-state index contributed by atoms with van der Waals surface area (Å²) in [5.74, 6) is 0.243. The molecule has 1 saturated heterocycles. The van der Waals surface area contributed by atoms with E-state index in [-0.39, 0.29) is 17.9 Å². The van der Waals surface area contributed by atoms with Crippen molar-refractivity contribution in [3.63, 3.8) is 0 Å². The summed E-state index contributed by atoms with van der Waals surface area (Å²) in [6.45, 7) is 1.11. The van der Waals surface area contributed by atoms with Crippen molar-refractivity contribution >= 4 is 16.9 Å². The largest absolute Gasteiger partial charge is 0.388 e. The number of hydrogen-bond acceptors (Lipinski definition) is 7. The lowest BCUT2D eigenvalue weighted by atomic mass is 9.91. The fourth-order valence-corrected chi connectivity index (χ4v) is 4.18. The van der Waals surface area contributed by atoms with Gasteiger partial charge in [-0.25, -0.2) is 19.0 Å². The molecule has 3 aromatic heterocycles. The molecule has 1 aliphatic heterocycles. The van der Waals surface area contributed by atoms with Gasteiger partial charge >= 0.3 is 0 Å². The van der Waals surface area contributed by atoms with Crippen molar-refractivity contribution in [1.82, 2.24) is 24.3 Å². The van der Waals surface area contributed by atoms with Gasteiger partial charge in [-0.2, -0.15) is 10.4 Å². The highest BCUT2D eigenvalue weighted by atomic mass is 19.1. The Morgan fingerprint density at radius 1 is 1.15 bits per heavy atom. The number of nitrogens with zero attached hydrogens (tertiary/aromatic N) is 7. The zero-order chi connectivity index (χ0) is 23.0. The second kappa shape index (κ2) is 8.11. The fraction of sp³-hybridized carbons (Fsp3) is 0.261. The zero-order valence-electron chi connectivity index (χ0n) is 17.6. The van der Waals surface area contributed by atoms with E-state index in [0.29, 0.717) is 54.0 Å². The van der Waals surface area contributed by atoms with Crippen molar-refractivity contribution in [1.29, 1.82) is 5.26 Å². The van der Waals surface area contributed by atoms with Gasteiger partial charge in [0.05, 0.1) is 29.6 Å². The average molecular weight is 445 g/mol. The SMILES string of the molecule is N#Cc1cccnc1N1CCC(O)(Cn2cnc3c(cnn3-c3ccc(F)cc3)c2=O)CC1. The van der Waals surface area contributed by atoms with Crippen LogP contribution in [0.1, 0.15) is 18.4 Å². The van der Waals surface area contributed by atoms with Gasteiger partial charge in [0.1, 0.15) is 29.4 Å². The number of halogens is 1. The van der Waals surface area contributed by atoms with E-state index in [9.17, 15) is 19.6 Å². The molecule has 0 saturated carbocycles. The Hall–Kier alpha value is -4.10. The Morgan fingerprint density at radius 3 is 2.64 bits per heavy atom. The molecule has 0 aliphatic carbocycles. The maximum atomic E-state index is 13.2. The Morgan fingerprint density at radius 2 is 1.91 bits per heavy atom. The van der Waals surface area contributed by atoms with Crippen LogP contribution < -0.4 is 10.5 Å². The van der Waals surface area contributed by atoms with E-state index in [4.69, 9.17) is 0 Å². The van der Waals surface area contributed by atoms with E-state index in [2.05, 4.69) is 21.1 Å². The highest BCUT2D eigenvalue weighted by Gasteiger charge is 2.34. The number of benzene rings is 1. The predicted octanol–water partition coefficient (Wildman–Crippen LogP) is 2.02. The van der Waals surface area contributed by atoms with Gasteiger partial charge < -0.3 is 10.0 Å². The van der Waals surface area contributed by atoms with E-state index in [1.165, 1.54) is 33.9 Å². The maximum absolute atomic E-state index is 13.2. The molecular weight excluding hydrogens is 425 g/mol. The van der Waals surface area contributed by atoms with E-state index < -0.39 is 5.60 Å². The third-order valence-corrected chi connectivity index (χ3v) is 5.99. The Bertz CT molecular complexity index is 1410. The predicted molar refractivity (Wildman–Crippen MR) is 118 cm³/mol. The summed E-state index contributed by atoms with van der Waals surface area (Å²) in [5, 5.41) is 25.0. The minimum atomic E-state index is -1.09. The van der Waals surface area contributed by atoms with E-state index in [1.54, 1.807) is 30.5 Å². The van der Waals surface area contributed by atoms with E-state index in [0.717, 1.165) is 0 Å². The summed E-state index contributed by atoms with van der Waals surface area (Å²) in [6.07, 6.45) is 5.30. The highest BCUT2D eigenvalue weighted by Crippen LogP contribution is 2.28. The van der Waals surface area contributed by atoms with Gasteiger partial charge in [-0.15, -0.1) is 0 Å². The molecule has 0 unspecified atom stereocenters. The molecule has 166 valence electrons. The van der Waals surface area contributed by atoms with Crippen molar-refractivity contribution in [2.24, 2.45) is 0 Å². The number of nitriles is 1. The molecule has 1 aromatic carbocycles. The first-order chi connectivity index (χ1) is 16.0. The van der Waals surface area contributed by atoms with Crippen LogP contribution in [0.2, 0.25) is 0 Å². The van der Waals surface area contributed by atoms with Gasteiger partial charge in [0.15, 0.2) is 5.65 Å². The fourth-order valence-electron chi connectivity index (χ4n) is 4.18. The van der Waals surface area contributed by atoms with Crippen molar-refractivity contribution < 1.29 is 9.50 Å². The van der Waals surface area contributed by atoms with E-state index in [1.807, 2.05) is 4.90 Å². The normalized spacial score (nSPS) is 15.5. The van der Waals surface area contributed by atoms with Crippen LogP contribution in [0, 0.1) is 17.1 Å². The number of aliphatic hydroxyl groups is 1. The zero-order valence-corrected chi connectivity index (χ0v) is 17.6. The highest BCUT2D eigenvalue weighted by molar-refractivity contribution is 5.74. The van der Waals surface area contributed by atoms with Crippen LogP contribution in [-0.4, -0.2) is 48.1 Å². The van der Waals surface area contributed by atoms with Crippen LogP contribution in [0.15, 0.2) is 59.9 Å². The topological polar surface area (TPSA) is 113 Å². The molecule has 0 amide bonds. The second-order valence-electron chi connectivity index (χ2n) is 8.15. The first kappa shape index (κ1) is 20.8. The summed E-state index contributed by atoms with van der Waals surface area (Å²) in [6, 6.07) is 11.3. The Balaban J connectivity index is 1.36. The summed E-state index contributed by atoms with van der Waals surface area (Å²) in [7, 11) is 0. The van der Waals surface area contributed by atoms with Crippen LogP contribution >= 0.6 is 0 Å². The lowest BCUT2D eigenvalue weighted by Crippen LogP contribution is -2.48. The van der Waals surface area contributed by atoms with Crippen LogP contribution in [0.4, 0.5) is 10.2 Å². The number of hydrogen-bond donors (Lipinski definition) is 1. The molecule has 33 heavy (non-hydrogen) atoms. The molecule has 5 rings (SSSR count). The molecule has 9 nitrogen and oxygen atoms in total. The van der Waals surface area contributed by atoms with Gasteiger partial charge in [-0.1, -0.05) is 0 Å². The molecule has 0 atom stereocenters. The van der Waals surface area contributed by atoms with Crippen molar-refractivity contribution in [3.8, 4) is 11.8 Å². The molecule has 10 heteroatoms. The molecule has 4 aromatic rings. The number of rotatable bonds is 4. The minimum Gasteiger partial charge on any atom is -0.388 e. The molecule has 1 N–H and O–H groups in total. The van der Waals surface area contributed by atoms with Crippen molar-refractivity contribution in [2.75, 3.05) is 18.0 Å². The molecular formula is C23H20FN7O2. The van der Waals surface area contributed by atoms with Crippen LogP contribution in [0.3, 0.4) is 0 Å². The first-order valence-electron chi connectivity index (χ1n) is 10.5. The lowest BCUT2D eigenvalue weighted by molar-refractivity contribution is -0.00112. The second-order valence-corrected chi connectivity index (χ2v) is 8.15. The monoisotopic (exact) mass is 445 g/mol. The van der Waals surface area contributed by atoms with Gasteiger partial charge in [0, 0.05) is 19.3 Å². The number of piperidine rings is 1. The standard InChI is InChI=1S/C23H20FN7O2/c24-17-3-5-18(6-4-17)31-21-19(13-28-31)22(32)30(15-27-21)14-23(33)7-10-29(11-8-23)20-16(12-25)2-1-9-26-20/h1-6,9,13,15,33H,7-8,10-11,14H2. The van der Waals surface area contributed by atoms with Crippen LogP contribution in [0.25, 0.3) is 16.7 Å². The number of aromatic nitrogens is 5. The van der Waals surface area contributed by atoms with Crippen LogP contribution in [0.5, 0.6) is 0 Å². The van der Waals surface area contributed by atoms with Gasteiger partial charge in [0.2, 0.25) is 0 Å². The van der Waals surface area contributed by atoms with E-state index >= 15 is 0 Å². The maximum Gasteiger partial charge on any atom is 0.264 e. The molecule has 0 radical (unpaired) electrons. The van der Waals surface area contributed by atoms with Crippen LogP contribution in [-0.2, 0) is 6.54 Å². The molecule has 1 fully saturated rings. The van der Waals surface area contributed by atoms with Gasteiger partial charge in [0.25, 0.3) is 5.56 Å². The molecule has 4 heterocycles. The Kier molecular flexibility index (Phi) is 5.11. The number of fused-ring (bicyclic) bond motifs is 1. The summed E-state index contributed by atoms with van der Waals surface area (Å²) < 4.78 is 16.1. The first-order valence-corrected chi connectivity index (χ1v) is 10.5. The molecule has 0 spiro atoms. The lowest BCUT2D eigenvalue weighted by Gasteiger charge is -2.39. The van der Waals surface area contributed by atoms with Crippen molar-refractivity contribution in [2.45, 2.75) is 25.0 Å². The Labute approximate surface area is 188 Å². The summed E-state index contributed by atoms with van der Waals surface area (Å²) in [4.78, 5) is 23.7. The quantitative estimate of drug-likeness (QED) is 0.511. The third-order valence-electron chi connectivity index (χ3n) is 5.99.